The maximum absolute atomic E-state index is 4.26. The van der Waals surface area contributed by atoms with Crippen molar-refractivity contribution in [1.82, 2.24) is 10.6 Å². The second kappa shape index (κ2) is 8.22. The van der Waals surface area contributed by atoms with Gasteiger partial charge in [0.05, 0.1) is 0 Å². The Bertz CT molecular complexity index is 458. The van der Waals surface area contributed by atoms with Gasteiger partial charge in [-0.25, -0.2) is 0 Å². The Balaban J connectivity index is 0.00000200. The third-order valence-electron chi connectivity index (χ3n) is 3.66. The fourth-order valence-corrected chi connectivity index (χ4v) is 3.01. The summed E-state index contributed by atoms with van der Waals surface area (Å²) < 4.78 is 1.21. The topological polar surface area (TPSA) is 36.4 Å². The molecule has 0 heterocycles. The van der Waals surface area contributed by atoms with E-state index >= 15 is 0 Å². The van der Waals surface area contributed by atoms with Crippen LogP contribution in [-0.2, 0) is 5.41 Å². The predicted octanol–water partition coefficient (Wildman–Crippen LogP) is 3.67. The van der Waals surface area contributed by atoms with Crippen molar-refractivity contribution >= 4 is 45.9 Å². The quantitative estimate of drug-likeness (QED) is 0.407. The van der Waals surface area contributed by atoms with Gasteiger partial charge >= 0.3 is 0 Å². The number of hydrogen-bond acceptors (Lipinski definition) is 1. The van der Waals surface area contributed by atoms with E-state index in [2.05, 4.69) is 62.7 Å². The van der Waals surface area contributed by atoms with Crippen LogP contribution in [0.5, 0.6) is 0 Å². The molecule has 0 saturated heterocycles. The maximum Gasteiger partial charge on any atom is 0.191 e. The molecule has 0 spiro atoms. The number of guanidine groups is 1. The van der Waals surface area contributed by atoms with Crippen LogP contribution in [0.15, 0.2) is 33.7 Å². The highest BCUT2D eigenvalue weighted by Crippen LogP contribution is 2.49. The van der Waals surface area contributed by atoms with Crippen LogP contribution in [-0.4, -0.2) is 26.1 Å². The molecule has 0 unspecified atom stereocenters. The lowest BCUT2D eigenvalue weighted by molar-refractivity contribution is 0.642. The average molecular weight is 452 g/mol. The zero-order valence-corrected chi connectivity index (χ0v) is 16.0. The Labute approximate surface area is 147 Å². The molecule has 20 heavy (non-hydrogen) atoms. The highest BCUT2D eigenvalue weighted by molar-refractivity contribution is 14.0. The van der Waals surface area contributed by atoms with E-state index in [4.69, 9.17) is 0 Å². The van der Waals surface area contributed by atoms with E-state index in [1.807, 2.05) is 7.05 Å². The fourth-order valence-electron chi connectivity index (χ4n) is 2.30. The highest BCUT2D eigenvalue weighted by Gasteiger charge is 2.45. The van der Waals surface area contributed by atoms with Crippen LogP contribution in [0.1, 0.15) is 31.7 Å². The predicted molar refractivity (Wildman–Crippen MR) is 100 cm³/mol. The van der Waals surface area contributed by atoms with Crippen LogP contribution in [0.4, 0.5) is 0 Å². The second-order valence-electron chi connectivity index (χ2n) is 5.11. The molecule has 2 N–H and O–H groups in total. The minimum Gasteiger partial charge on any atom is -0.356 e. The molecule has 1 aliphatic rings. The van der Waals surface area contributed by atoms with Gasteiger partial charge in [0.1, 0.15) is 0 Å². The lowest BCUT2D eigenvalue weighted by Crippen LogP contribution is -2.41. The van der Waals surface area contributed by atoms with Gasteiger partial charge in [-0.05, 0) is 30.9 Å². The maximum atomic E-state index is 4.26. The number of rotatable bonds is 5. The van der Waals surface area contributed by atoms with Gasteiger partial charge in [0.15, 0.2) is 5.96 Å². The van der Waals surface area contributed by atoms with Crippen LogP contribution >= 0.6 is 39.9 Å². The van der Waals surface area contributed by atoms with Crippen LogP contribution in [0.3, 0.4) is 0 Å². The van der Waals surface area contributed by atoms with Gasteiger partial charge in [-0.2, -0.15) is 0 Å². The average Bonchev–Trinajstić information content (AvgIpc) is 3.20. The number of halogens is 2. The molecule has 112 valence electrons. The van der Waals surface area contributed by atoms with E-state index in [1.54, 1.807) is 0 Å². The van der Waals surface area contributed by atoms with Crippen molar-refractivity contribution in [2.24, 2.45) is 4.99 Å². The minimum atomic E-state index is 0. The molecule has 2 rings (SSSR count). The van der Waals surface area contributed by atoms with Crippen molar-refractivity contribution < 1.29 is 0 Å². The van der Waals surface area contributed by atoms with E-state index < -0.39 is 0 Å². The largest absolute Gasteiger partial charge is 0.356 e. The number of nitrogens with one attached hydrogen (secondary N) is 2. The van der Waals surface area contributed by atoms with E-state index in [0.717, 1.165) is 25.5 Å². The Morgan fingerprint density at radius 3 is 2.55 bits per heavy atom. The van der Waals surface area contributed by atoms with E-state index in [0.29, 0.717) is 0 Å². The molecule has 5 heteroatoms. The SMILES string of the molecule is CCCNC(=NC)NCC1(c2ccccc2Br)CC1.I. The molecule has 0 radical (unpaired) electrons. The van der Waals surface area contributed by atoms with Crippen molar-refractivity contribution in [2.45, 2.75) is 31.6 Å². The van der Waals surface area contributed by atoms with Crippen LogP contribution in [0.2, 0.25) is 0 Å². The normalized spacial score (nSPS) is 16.2. The summed E-state index contributed by atoms with van der Waals surface area (Å²) in [6.45, 7) is 4.06. The van der Waals surface area contributed by atoms with E-state index in [1.165, 1.54) is 22.9 Å². The molecular weight excluding hydrogens is 429 g/mol. The molecule has 0 aliphatic heterocycles. The molecule has 3 nitrogen and oxygen atoms in total. The molecule has 1 saturated carbocycles. The minimum absolute atomic E-state index is 0. The molecule has 0 amide bonds. The number of hydrogen-bond donors (Lipinski definition) is 2. The van der Waals surface area contributed by atoms with Crippen LogP contribution in [0, 0.1) is 0 Å². The summed E-state index contributed by atoms with van der Waals surface area (Å²) in [5.74, 6) is 0.903. The van der Waals surface area contributed by atoms with Gasteiger partial charge in [-0.15, -0.1) is 24.0 Å². The summed E-state index contributed by atoms with van der Waals surface area (Å²) in [5, 5.41) is 6.76. The van der Waals surface area contributed by atoms with Crippen molar-refractivity contribution in [3.8, 4) is 0 Å². The van der Waals surface area contributed by atoms with Crippen molar-refractivity contribution in [3.05, 3.63) is 34.3 Å². The molecule has 0 atom stereocenters. The molecule has 0 aromatic heterocycles. The van der Waals surface area contributed by atoms with Gasteiger partial charge in [0, 0.05) is 30.0 Å². The van der Waals surface area contributed by atoms with Crippen LogP contribution < -0.4 is 10.6 Å². The number of nitrogens with zero attached hydrogens (tertiary/aromatic N) is 1. The lowest BCUT2D eigenvalue weighted by Gasteiger charge is -2.20. The van der Waals surface area contributed by atoms with E-state index in [-0.39, 0.29) is 29.4 Å². The first-order valence-electron chi connectivity index (χ1n) is 6.91. The first-order valence-corrected chi connectivity index (χ1v) is 7.71. The monoisotopic (exact) mass is 451 g/mol. The number of aliphatic imine (C=N–C) groups is 1. The summed E-state index contributed by atoms with van der Waals surface area (Å²) in [7, 11) is 1.82. The lowest BCUT2D eigenvalue weighted by atomic mass is 9.96. The summed E-state index contributed by atoms with van der Waals surface area (Å²) >= 11 is 3.66. The molecule has 1 aromatic carbocycles. The summed E-state index contributed by atoms with van der Waals surface area (Å²) in [4.78, 5) is 4.26. The van der Waals surface area contributed by atoms with Crippen molar-refractivity contribution in [3.63, 3.8) is 0 Å². The summed E-state index contributed by atoms with van der Waals surface area (Å²) in [6.07, 6.45) is 3.59. The first kappa shape index (κ1) is 17.8. The fraction of sp³-hybridized carbons (Fsp3) is 0.533. The zero-order chi connectivity index (χ0) is 13.7. The Morgan fingerprint density at radius 2 is 2.00 bits per heavy atom. The van der Waals surface area contributed by atoms with Gasteiger partial charge in [0.2, 0.25) is 0 Å². The molecular formula is C15H23BrIN3. The molecule has 0 bridgehead atoms. The second-order valence-corrected chi connectivity index (χ2v) is 5.97. The first-order chi connectivity index (χ1) is 9.22. The van der Waals surface area contributed by atoms with E-state index in [9.17, 15) is 0 Å². The van der Waals surface area contributed by atoms with Crippen molar-refractivity contribution in [2.75, 3.05) is 20.1 Å². The smallest absolute Gasteiger partial charge is 0.191 e. The zero-order valence-electron chi connectivity index (χ0n) is 12.1. The standard InChI is InChI=1S/C15H22BrN3.HI/c1-3-10-18-14(17-2)19-11-15(8-9-15)12-6-4-5-7-13(12)16;/h4-7H,3,8-11H2,1-2H3,(H2,17,18,19);1H. The summed E-state index contributed by atoms with van der Waals surface area (Å²) in [5.41, 5.74) is 1.69. The van der Waals surface area contributed by atoms with Gasteiger partial charge in [-0.1, -0.05) is 41.1 Å². The Morgan fingerprint density at radius 1 is 1.30 bits per heavy atom. The summed E-state index contributed by atoms with van der Waals surface area (Å²) in [6, 6.07) is 8.53. The van der Waals surface area contributed by atoms with Gasteiger partial charge in [-0.3, -0.25) is 4.99 Å². The molecule has 1 aromatic rings. The third-order valence-corrected chi connectivity index (χ3v) is 4.35. The Hall–Kier alpha value is -0.300. The van der Waals surface area contributed by atoms with Crippen LogP contribution in [0.25, 0.3) is 0 Å². The van der Waals surface area contributed by atoms with Gasteiger partial charge in [0.25, 0.3) is 0 Å². The van der Waals surface area contributed by atoms with Gasteiger partial charge < -0.3 is 10.6 Å². The molecule has 1 aliphatic carbocycles. The van der Waals surface area contributed by atoms with Crippen molar-refractivity contribution in [1.29, 1.82) is 0 Å². The third kappa shape index (κ3) is 4.35. The number of benzene rings is 1. The highest BCUT2D eigenvalue weighted by atomic mass is 127. The molecule has 1 fully saturated rings. The Kier molecular flexibility index (Phi) is 7.29.